The second kappa shape index (κ2) is 8.51. The smallest absolute Gasteiger partial charge is 0.242 e. The van der Waals surface area contributed by atoms with Gasteiger partial charge in [-0.25, -0.2) is 12.7 Å². The fraction of sp³-hybridized carbons (Fsp3) is 0.625. The highest BCUT2D eigenvalue weighted by Crippen LogP contribution is 2.20. The van der Waals surface area contributed by atoms with Crippen molar-refractivity contribution in [1.82, 2.24) is 9.62 Å². The number of sulfonamides is 1. The maximum absolute atomic E-state index is 12.6. The van der Waals surface area contributed by atoms with E-state index in [1.54, 1.807) is 19.2 Å². The Labute approximate surface area is 129 Å². The molecular formula is C16H28N2O2S. The molecule has 1 aromatic rings. The highest BCUT2D eigenvalue weighted by atomic mass is 32.2. The lowest BCUT2D eigenvalue weighted by Gasteiger charge is -2.18. The molecule has 5 heteroatoms. The van der Waals surface area contributed by atoms with Gasteiger partial charge in [-0.05, 0) is 43.1 Å². The summed E-state index contributed by atoms with van der Waals surface area (Å²) in [5, 5.41) is 3.10. The van der Waals surface area contributed by atoms with Gasteiger partial charge in [0, 0.05) is 20.1 Å². The summed E-state index contributed by atoms with van der Waals surface area (Å²) < 4.78 is 26.6. The zero-order chi connectivity index (χ0) is 15.9. The lowest BCUT2D eigenvalue weighted by molar-refractivity contribution is 0.454. The fourth-order valence-electron chi connectivity index (χ4n) is 2.35. The summed E-state index contributed by atoms with van der Waals surface area (Å²) in [6.45, 7) is 5.46. The SMILES string of the molecule is CCCCCN(C)S(=O)(=O)c1ccc(CC)c(CNC)c1. The molecule has 1 N–H and O–H groups in total. The second-order valence-corrected chi connectivity index (χ2v) is 7.39. The molecule has 0 amide bonds. The Kier molecular flexibility index (Phi) is 7.35. The third-order valence-electron chi connectivity index (χ3n) is 3.71. The number of hydrogen-bond acceptors (Lipinski definition) is 3. The van der Waals surface area contributed by atoms with E-state index in [1.165, 1.54) is 9.87 Å². The number of unbranched alkanes of at least 4 members (excludes halogenated alkanes) is 2. The van der Waals surface area contributed by atoms with Crippen molar-refractivity contribution in [3.8, 4) is 0 Å². The molecule has 0 aliphatic heterocycles. The number of benzene rings is 1. The first-order valence-electron chi connectivity index (χ1n) is 7.70. The molecule has 120 valence electrons. The van der Waals surface area contributed by atoms with Crippen molar-refractivity contribution in [2.45, 2.75) is 51.0 Å². The molecule has 1 rings (SSSR count). The average Bonchev–Trinajstić information content (AvgIpc) is 2.47. The molecule has 0 radical (unpaired) electrons. The fourth-order valence-corrected chi connectivity index (χ4v) is 3.61. The Morgan fingerprint density at radius 3 is 2.43 bits per heavy atom. The molecule has 0 aromatic heterocycles. The maximum Gasteiger partial charge on any atom is 0.242 e. The van der Waals surface area contributed by atoms with Crippen LogP contribution in [0.15, 0.2) is 23.1 Å². The summed E-state index contributed by atoms with van der Waals surface area (Å²) in [5.41, 5.74) is 2.25. The highest BCUT2D eigenvalue weighted by Gasteiger charge is 2.21. The Balaban J connectivity index is 2.99. The van der Waals surface area contributed by atoms with Crippen LogP contribution in [0.3, 0.4) is 0 Å². The van der Waals surface area contributed by atoms with Crippen LogP contribution in [0.25, 0.3) is 0 Å². The minimum Gasteiger partial charge on any atom is -0.316 e. The van der Waals surface area contributed by atoms with Crippen LogP contribution in [0.1, 0.15) is 44.2 Å². The van der Waals surface area contributed by atoms with Gasteiger partial charge in [0.15, 0.2) is 0 Å². The first-order chi connectivity index (χ1) is 9.97. The maximum atomic E-state index is 12.6. The first kappa shape index (κ1) is 18.1. The molecule has 0 atom stereocenters. The predicted octanol–water partition coefficient (Wildman–Crippen LogP) is 2.78. The molecule has 0 aliphatic rings. The van der Waals surface area contributed by atoms with E-state index in [1.807, 2.05) is 13.1 Å². The van der Waals surface area contributed by atoms with Crippen LogP contribution < -0.4 is 5.32 Å². The lowest BCUT2D eigenvalue weighted by Crippen LogP contribution is -2.28. The normalized spacial score (nSPS) is 12.0. The summed E-state index contributed by atoms with van der Waals surface area (Å²) in [5.74, 6) is 0. The minimum atomic E-state index is -3.38. The monoisotopic (exact) mass is 312 g/mol. The third kappa shape index (κ3) is 4.80. The zero-order valence-corrected chi connectivity index (χ0v) is 14.5. The van der Waals surface area contributed by atoms with E-state index in [0.29, 0.717) is 18.0 Å². The molecule has 4 nitrogen and oxygen atoms in total. The van der Waals surface area contributed by atoms with E-state index >= 15 is 0 Å². The number of nitrogens with zero attached hydrogens (tertiary/aromatic N) is 1. The molecular weight excluding hydrogens is 284 g/mol. The van der Waals surface area contributed by atoms with E-state index in [9.17, 15) is 8.42 Å². The summed E-state index contributed by atoms with van der Waals surface area (Å²) in [6.07, 6.45) is 3.96. The van der Waals surface area contributed by atoms with Gasteiger partial charge in [0.25, 0.3) is 0 Å². The Bertz CT molecular complexity index is 541. The van der Waals surface area contributed by atoms with Crippen LogP contribution in [-0.2, 0) is 23.0 Å². The zero-order valence-electron chi connectivity index (χ0n) is 13.6. The van der Waals surface area contributed by atoms with Gasteiger partial charge in [0.05, 0.1) is 4.90 Å². The number of rotatable bonds is 9. The molecule has 0 bridgehead atoms. The van der Waals surface area contributed by atoms with Gasteiger partial charge in [-0.15, -0.1) is 0 Å². The Morgan fingerprint density at radius 1 is 1.14 bits per heavy atom. The van der Waals surface area contributed by atoms with E-state index in [-0.39, 0.29) is 0 Å². The van der Waals surface area contributed by atoms with Gasteiger partial charge in [-0.1, -0.05) is 32.8 Å². The van der Waals surface area contributed by atoms with Gasteiger partial charge in [0.1, 0.15) is 0 Å². The van der Waals surface area contributed by atoms with Crippen molar-refractivity contribution in [3.05, 3.63) is 29.3 Å². The van der Waals surface area contributed by atoms with Gasteiger partial charge in [-0.3, -0.25) is 0 Å². The van der Waals surface area contributed by atoms with Crippen molar-refractivity contribution in [2.24, 2.45) is 0 Å². The standard InChI is InChI=1S/C16H28N2O2S/c1-5-7-8-11-18(4)21(19,20)16-10-9-14(6-2)15(12-16)13-17-3/h9-10,12,17H,5-8,11,13H2,1-4H3. The summed E-state index contributed by atoms with van der Waals surface area (Å²) in [7, 11) is 0.156. The highest BCUT2D eigenvalue weighted by molar-refractivity contribution is 7.89. The van der Waals surface area contributed by atoms with E-state index < -0.39 is 10.0 Å². The quantitative estimate of drug-likeness (QED) is 0.713. The van der Waals surface area contributed by atoms with Crippen molar-refractivity contribution in [2.75, 3.05) is 20.6 Å². The van der Waals surface area contributed by atoms with Crippen LogP contribution in [0, 0.1) is 0 Å². The molecule has 0 aliphatic carbocycles. The summed E-state index contributed by atoms with van der Waals surface area (Å²) >= 11 is 0. The molecule has 1 aromatic carbocycles. The largest absolute Gasteiger partial charge is 0.316 e. The molecule has 0 saturated carbocycles. The van der Waals surface area contributed by atoms with Crippen LogP contribution in [0.2, 0.25) is 0 Å². The van der Waals surface area contributed by atoms with Crippen LogP contribution >= 0.6 is 0 Å². The van der Waals surface area contributed by atoms with Gasteiger partial charge in [0.2, 0.25) is 10.0 Å². The second-order valence-electron chi connectivity index (χ2n) is 5.35. The predicted molar refractivity (Wildman–Crippen MR) is 87.9 cm³/mol. The summed E-state index contributed by atoms with van der Waals surface area (Å²) in [4.78, 5) is 0.393. The summed E-state index contributed by atoms with van der Waals surface area (Å²) in [6, 6.07) is 5.46. The minimum absolute atomic E-state index is 0.393. The van der Waals surface area contributed by atoms with Crippen LogP contribution in [-0.4, -0.2) is 33.4 Å². The first-order valence-corrected chi connectivity index (χ1v) is 9.14. The molecule has 0 unspecified atom stereocenters. The van der Waals surface area contributed by atoms with Gasteiger partial charge < -0.3 is 5.32 Å². The van der Waals surface area contributed by atoms with E-state index in [4.69, 9.17) is 0 Å². The average molecular weight is 312 g/mol. The van der Waals surface area contributed by atoms with Crippen molar-refractivity contribution >= 4 is 10.0 Å². The molecule has 0 heterocycles. The number of nitrogens with one attached hydrogen (secondary N) is 1. The third-order valence-corrected chi connectivity index (χ3v) is 5.56. The van der Waals surface area contributed by atoms with Crippen molar-refractivity contribution in [1.29, 1.82) is 0 Å². The van der Waals surface area contributed by atoms with Crippen molar-refractivity contribution < 1.29 is 8.42 Å². The Morgan fingerprint density at radius 2 is 1.86 bits per heavy atom. The van der Waals surface area contributed by atoms with E-state index in [2.05, 4.69) is 19.2 Å². The Hall–Kier alpha value is -0.910. The van der Waals surface area contributed by atoms with Gasteiger partial charge in [-0.2, -0.15) is 0 Å². The lowest BCUT2D eigenvalue weighted by atomic mass is 10.1. The van der Waals surface area contributed by atoms with Crippen molar-refractivity contribution in [3.63, 3.8) is 0 Å². The van der Waals surface area contributed by atoms with Crippen LogP contribution in [0.4, 0.5) is 0 Å². The van der Waals surface area contributed by atoms with E-state index in [0.717, 1.165) is 31.2 Å². The number of aryl methyl sites for hydroxylation is 1. The van der Waals surface area contributed by atoms with Crippen LogP contribution in [0.5, 0.6) is 0 Å². The number of hydrogen-bond donors (Lipinski definition) is 1. The molecule has 21 heavy (non-hydrogen) atoms. The molecule has 0 fully saturated rings. The molecule has 0 saturated heterocycles. The van der Waals surface area contributed by atoms with Gasteiger partial charge >= 0.3 is 0 Å². The topological polar surface area (TPSA) is 49.4 Å². The molecule has 0 spiro atoms.